The van der Waals surface area contributed by atoms with Crippen molar-refractivity contribution in [3.63, 3.8) is 0 Å². The number of aliphatic hydroxyl groups is 1. The summed E-state index contributed by atoms with van der Waals surface area (Å²) >= 11 is 0. The highest BCUT2D eigenvalue weighted by Gasteiger charge is 2.25. The van der Waals surface area contributed by atoms with Crippen molar-refractivity contribution in [1.29, 1.82) is 0 Å². The fourth-order valence-corrected chi connectivity index (χ4v) is 2.02. The summed E-state index contributed by atoms with van der Waals surface area (Å²) < 4.78 is 18.7. The normalized spacial score (nSPS) is 20.4. The monoisotopic (exact) mass is 239 g/mol. The summed E-state index contributed by atoms with van der Waals surface area (Å²) in [6.45, 7) is 1.33. The third-order valence-electron chi connectivity index (χ3n) is 2.90. The quantitative estimate of drug-likeness (QED) is 0.794. The molecule has 1 saturated heterocycles. The molecule has 1 N–H and O–H groups in total. The van der Waals surface area contributed by atoms with Crippen LogP contribution in [0.5, 0.6) is 0 Å². The molecule has 0 aliphatic carbocycles. The highest BCUT2D eigenvalue weighted by Crippen LogP contribution is 2.25. The van der Waals surface area contributed by atoms with E-state index in [1.807, 2.05) is 4.90 Å². The van der Waals surface area contributed by atoms with Gasteiger partial charge < -0.3 is 14.7 Å². The molecule has 4 nitrogen and oxygen atoms in total. The summed E-state index contributed by atoms with van der Waals surface area (Å²) in [6, 6.07) is 4.26. The Kier molecular flexibility index (Phi) is 3.71. The van der Waals surface area contributed by atoms with Crippen LogP contribution in [0.15, 0.2) is 18.2 Å². The SMILES string of the molecule is O=Cc1c(F)cccc1N1CCOCC1CO. The fraction of sp³-hybridized carbons (Fsp3) is 0.417. The maximum atomic E-state index is 13.5. The van der Waals surface area contributed by atoms with Crippen LogP contribution in [-0.4, -0.2) is 43.8 Å². The van der Waals surface area contributed by atoms with Crippen molar-refractivity contribution in [2.75, 3.05) is 31.3 Å². The van der Waals surface area contributed by atoms with Gasteiger partial charge in [0.05, 0.1) is 37.1 Å². The van der Waals surface area contributed by atoms with Crippen molar-refractivity contribution < 1.29 is 19.0 Å². The van der Waals surface area contributed by atoms with Crippen LogP contribution < -0.4 is 4.90 Å². The molecule has 17 heavy (non-hydrogen) atoms. The van der Waals surface area contributed by atoms with Gasteiger partial charge >= 0.3 is 0 Å². The van der Waals surface area contributed by atoms with E-state index >= 15 is 0 Å². The molecule has 1 aromatic rings. The first-order valence-corrected chi connectivity index (χ1v) is 5.47. The van der Waals surface area contributed by atoms with Crippen LogP contribution in [0.25, 0.3) is 0 Å². The number of ether oxygens (including phenoxy) is 1. The number of hydrogen-bond donors (Lipinski definition) is 1. The molecule has 0 bridgehead atoms. The van der Waals surface area contributed by atoms with Crippen molar-refractivity contribution >= 4 is 12.0 Å². The van der Waals surface area contributed by atoms with E-state index in [0.717, 1.165) is 0 Å². The van der Waals surface area contributed by atoms with Crippen LogP contribution >= 0.6 is 0 Å². The molecule has 2 rings (SSSR count). The van der Waals surface area contributed by atoms with Crippen molar-refractivity contribution in [2.24, 2.45) is 0 Å². The molecule has 0 radical (unpaired) electrons. The molecular weight excluding hydrogens is 225 g/mol. The van der Waals surface area contributed by atoms with Crippen molar-refractivity contribution in [3.8, 4) is 0 Å². The summed E-state index contributed by atoms with van der Waals surface area (Å²) in [5.41, 5.74) is 0.551. The molecule has 1 fully saturated rings. The molecule has 92 valence electrons. The van der Waals surface area contributed by atoms with Crippen LogP contribution in [0.3, 0.4) is 0 Å². The average Bonchev–Trinajstić information content (AvgIpc) is 2.38. The first kappa shape index (κ1) is 12.0. The number of carbonyl (C=O) groups is 1. The summed E-state index contributed by atoms with van der Waals surface area (Å²) in [6.07, 6.45) is 0.508. The minimum absolute atomic E-state index is 0.0350. The molecule has 0 spiro atoms. The smallest absolute Gasteiger partial charge is 0.155 e. The summed E-state index contributed by atoms with van der Waals surface area (Å²) in [4.78, 5) is 12.7. The van der Waals surface area contributed by atoms with Crippen LogP contribution in [-0.2, 0) is 4.74 Å². The first-order chi connectivity index (χ1) is 8.27. The molecular formula is C12H14FNO3. The Labute approximate surface area is 98.6 Å². The van der Waals surface area contributed by atoms with Crippen molar-refractivity contribution in [3.05, 3.63) is 29.6 Å². The lowest BCUT2D eigenvalue weighted by Gasteiger charge is -2.36. The minimum Gasteiger partial charge on any atom is -0.394 e. The van der Waals surface area contributed by atoms with E-state index in [4.69, 9.17) is 4.74 Å². The topological polar surface area (TPSA) is 49.8 Å². The van der Waals surface area contributed by atoms with Crippen LogP contribution in [0.2, 0.25) is 0 Å². The Morgan fingerprint density at radius 2 is 2.41 bits per heavy atom. The number of aliphatic hydroxyl groups excluding tert-OH is 1. The molecule has 1 heterocycles. The van der Waals surface area contributed by atoms with Crippen molar-refractivity contribution in [2.45, 2.75) is 6.04 Å². The number of nitrogens with zero attached hydrogens (tertiary/aromatic N) is 1. The van der Waals surface area contributed by atoms with Gasteiger partial charge in [-0.15, -0.1) is 0 Å². The Balaban J connectivity index is 2.37. The predicted molar refractivity (Wildman–Crippen MR) is 60.8 cm³/mol. The van der Waals surface area contributed by atoms with E-state index in [1.54, 1.807) is 12.1 Å². The molecule has 1 aromatic carbocycles. The van der Waals surface area contributed by atoms with Crippen LogP contribution in [0, 0.1) is 5.82 Å². The number of halogens is 1. The van der Waals surface area contributed by atoms with E-state index in [2.05, 4.69) is 0 Å². The number of aldehydes is 1. The number of hydrogen-bond acceptors (Lipinski definition) is 4. The largest absolute Gasteiger partial charge is 0.394 e. The Morgan fingerprint density at radius 1 is 1.59 bits per heavy atom. The van der Waals surface area contributed by atoms with Crippen LogP contribution in [0.4, 0.5) is 10.1 Å². The van der Waals surface area contributed by atoms with Crippen LogP contribution in [0.1, 0.15) is 10.4 Å². The lowest BCUT2D eigenvalue weighted by atomic mass is 10.1. The standard InChI is InChI=1S/C12H14FNO3/c13-11-2-1-3-12(10(11)7-16)14-4-5-17-8-9(14)6-15/h1-3,7,9,15H,4-6,8H2. The number of morpholine rings is 1. The first-order valence-electron chi connectivity index (χ1n) is 5.47. The highest BCUT2D eigenvalue weighted by molar-refractivity contribution is 5.85. The fourth-order valence-electron chi connectivity index (χ4n) is 2.02. The minimum atomic E-state index is -0.541. The van der Waals surface area contributed by atoms with E-state index in [-0.39, 0.29) is 18.2 Å². The average molecular weight is 239 g/mol. The molecule has 1 aliphatic heterocycles. The molecule has 1 unspecified atom stereocenters. The van der Waals surface area contributed by atoms with E-state index in [9.17, 15) is 14.3 Å². The zero-order valence-electron chi connectivity index (χ0n) is 9.30. The number of carbonyl (C=O) groups excluding carboxylic acids is 1. The maximum Gasteiger partial charge on any atom is 0.155 e. The Bertz CT molecular complexity index is 411. The molecule has 1 aliphatic rings. The van der Waals surface area contributed by atoms with E-state index in [1.165, 1.54) is 6.07 Å². The van der Waals surface area contributed by atoms with Crippen molar-refractivity contribution in [1.82, 2.24) is 0 Å². The molecule has 0 aromatic heterocycles. The number of anilines is 1. The Hall–Kier alpha value is -1.46. The van der Waals surface area contributed by atoms with Gasteiger partial charge in [-0.1, -0.05) is 6.07 Å². The predicted octanol–water partition coefficient (Wildman–Crippen LogP) is 0.836. The number of rotatable bonds is 3. The third-order valence-corrected chi connectivity index (χ3v) is 2.90. The van der Waals surface area contributed by atoms with Gasteiger partial charge in [-0.3, -0.25) is 4.79 Å². The lowest BCUT2D eigenvalue weighted by molar-refractivity contribution is 0.0725. The van der Waals surface area contributed by atoms with Gasteiger partial charge in [0.2, 0.25) is 0 Å². The number of benzene rings is 1. The van der Waals surface area contributed by atoms with Gasteiger partial charge in [0.1, 0.15) is 5.82 Å². The molecule has 0 saturated carbocycles. The highest BCUT2D eigenvalue weighted by atomic mass is 19.1. The van der Waals surface area contributed by atoms with Gasteiger partial charge in [0.25, 0.3) is 0 Å². The van der Waals surface area contributed by atoms with Gasteiger partial charge in [-0.05, 0) is 12.1 Å². The van der Waals surface area contributed by atoms with Gasteiger partial charge in [-0.2, -0.15) is 0 Å². The van der Waals surface area contributed by atoms with Gasteiger partial charge in [-0.25, -0.2) is 4.39 Å². The zero-order valence-corrected chi connectivity index (χ0v) is 9.30. The van der Waals surface area contributed by atoms with Gasteiger partial charge in [0.15, 0.2) is 6.29 Å². The van der Waals surface area contributed by atoms with E-state index < -0.39 is 5.82 Å². The Morgan fingerprint density at radius 3 is 3.12 bits per heavy atom. The molecule has 1 atom stereocenters. The lowest BCUT2D eigenvalue weighted by Crippen LogP contribution is -2.48. The second-order valence-electron chi connectivity index (χ2n) is 3.90. The summed E-state index contributed by atoms with van der Waals surface area (Å²) in [5, 5.41) is 9.25. The summed E-state index contributed by atoms with van der Waals surface area (Å²) in [7, 11) is 0. The van der Waals surface area contributed by atoms with Gasteiger partial charge in [0, 0.05) is 6.54 Å². The van der Waals surface area contributed by atoms with E-state index in [0.29, 0.717) is 31.7 Å². The maximum absolute atomic E-state index is 13.5. The summed E-state index contributed by atoms with van der Waals surface area (Å²) in [5.74, 6) is -0.541. The molecule has 0 amide bonds. The third kappa shape index (κ3) is 2.30. The second kappa shape index (κ2) is 5.25. The zero-order chi connectivity index (χ0) is 12.3. The second-order valence-corrected chi connectivity index (χ2v) is 3.90. The molecule has 5 heteroatoms.